The van der Waals surface area contributed by atoms with Gasteiger partial charge in [0.1, 0.15) is 6.10 Å². The highest BCUT2D eigenvalue weighted by Gasteiger charge is 2.48. The molecular formula is C21H29F3N2O5. The van der Waals surface area contributed by atoms with Gasteiger partial charge in [0.15, 0.2) is 11.4 Å². The summed E-state index contributed by atoms with van der Waals surface area (Å²) in [6.45, 7) is 6.82. The lowest BCUT2D eigenvalue weighted by molar-refractivity contribution is -0.315. The molecule has 1 saturated heterocycles. The lowest BCUT2D eigenvalue weighted by Crippen LogP contribution is -2.60. The summed E-state index contributed by atoms with van der Waals surface area (Å²) in [7, 11) is 0. The van der Waals surface area contributed by atoms with E-state index in [-0.39, 0.29) is 31.0 Å². The van der Waals surface area contributed by atoms with Crippen LogP contribution in [0, 0.1) is 5.92 Å². The summed E-state index contributed by atoms with van der Waals surface area (Å²) in [6, 6.07) is 4.88. The number of carbonyl (C=O) groups excluding carboxylic acids is 2. The molecule has 0 radical (unpaired) electrons. The highest BCUT2D eigenvalue weighted by Crippen LogP contribution is 2.34. The van der Waals surface area contributed by atoms with Gasteiger partial charge in [0.25, 0.3) is 5.91 Å². The van der Waals surface area contributed by atoms with Crippen LogP contribution >= 0.6 is 0 Å². The maximum atomic E-state index is 13.0. The second-order valence-corrected chi connectivity index (χ2v) is 8.25. The minimum atomic E-state index is -4.54. The normalized spacial score (nSPS) is 24.3. The van der Waals surface area contributed by atoms with E-state index >= 15 is 0 Å². The topological polar surface area (TPSA) is 96.9 Å². The molecular weight excluding hydrogens is 417 g/mol. The third kappa shape index (κ3) is 6.41. The van der Waals surface area contributed by atoms with Crippen LogP contribution in [0.3, 0.4) is 0 Å². The first-order chi connectivity index (χ1) is 14.3. The Balaban J connectivity index is 1.84. The average molecular weight is 446 g/mol. The number of ether oxygens (including phenoxy) is 2. The predicted molar refractivity (Wildman–Crippen MR) is 106 cm³/mol. The summed E-state index contributed by atoms with van der Waals surface area (Å²) in [5.74, 6) is -2.37. The molecule has 3 unspecified atom stereocenters. The molecule has 3 atom stereocenters. The molecule has 0 bridgehead atoms. The Labute approximate surface area is 179 Å². The van der Waals surface area contributed by atoms with Gasteiger partial charge in [0.05, 0.1) is 12.2 Å². The third-order valence-corrected chi connectivity index (χ3v) is 5.31. The van der Waals surface area contributed by atoms with E-state index in [1.807, 2.05) is 6.92 Å². The minimum absolute atomic E-state index is 0.0144. The number of aliphatic hydroxyl groups is 1. The Kier molecular flexibility index (Phi) is 7.72. The summed E-state index contributed by atoms with van der Waals surface area (Å²) in [6.07, 6.45) is -6.14. The van der Waals surface area contributed by atoms with Gasteiger partial charge in [0, 0.05) is 19.0 Å². The number of halogens is 3. The third-order valence-electron chi connectivity index (χ3n) is 5.31. The van der Waals surface area contributed by atoms with Crippen molar-refractivity contribution >= 4 is 11.8 Å². The van der Waals surface area contributed by atoms with Gasteiger partial charge in [-0.05, 0) is 38.8 Å². The fourth-order valence-electron chi connectivity index (χ4n) is 3.28. The molecule has 1 aliphatic heterocycles. The summed E-state index contributed by atoms with van der Waals surface area (Å²) in [4.78, 5) is 24.7. The van der Waals surface area contributed by atoms with E-state index in [9.17, 15) is 27.9 Å². The van der Waals surface area contributed by atoms with Crippen LogP contribution in [0.1, 0.15) is 45.2 Å². The second-order valence-electron chi connectivity index (χ2n) is 8.25. The molecule has 1 aromatic rings. The van der Waals surface area contributed by atoms with Gasteiger partial charge in [-0.1, -0.05) is 25.1 Å². The molecule has 0 saturated carbocycles. The number of hydrogen-bond donors (Lipinski definition) is 3. The van der Waals surface area contributed by atoms with Crippen molar-refractivity contribution in [2.45, 2.75) is 64.3 Å². The van der Waals surface area contributed by atoms with Crippen LogP contribution in [-0.4, -0.2) is 47.6 Å². The zero-order chi connectivity index (χ0) is 23.4. The summed E-state index contributed by atoms with van der Waals surface area (Å²) in [5.41, 5.74) is -2.10. The molecule has 1 aromatic carbocycles. The Morgan fingerprint density at radius 3 is 2.52 bits per heavy atom. The van der Waals surface area contributed by atoms with Gasteiger partial charge in [-0.15, -0.1) is 0 Å². The first-order valence-electron chi connectivity index (χ1n) is 9.99. The monoisotopic (exact) mass is 446 g/mol. The van der Waals surface area contributed by atoms with Crippen LogP contribution in [0.4, 0.5) is 13.2 Å². The van der Waals surface area contributed by atoms with Gasteiger partial charge in [0.2, 0.25) is 5.91 Å². The van der Waals surface area contributed by atoms with E-state index in [1.165, 1.54) is 18.2 Å². The summed E-state index contributed by atoms with van der Waals surface area (Å²) < 4.78 is 50.4. The number of hydrogen-bond acceptors (Lipinski definition) is 5. The van der Waals surface area contributed by atoms with Gasteiger partial charge >= 0.3 is 6.18 Å². The molecule has 2 amide bonds. The molecule has 31 heavy (non-hydrogen) atoms. The molecule has 1 heterocycles. The SMILES string of the molecule is CC1COC(C)(C)OC1(C)C(=O)NCCC(O)C(=O)NCc1ccccc1C(F)(F)F. The zero-order valence-corrected chi connectivity index (χ0v) is 18.0. The van der Waals surface area contributed by atoms with E-state index < -0.39 is 41.0 Å². The van der Waals surface area contributed by atoms with Crippen LogP contribution in [0.25, 0.3) is 0 Å². The zero-order valence-electron chi connectivity index (χ0n) is 18.0. The molecule has 0 aliphatic carbocycles. The maximum absolute atomic E-state index is 13.0. The number of rotatable bonds is 7. The number of amides is 2. The smallest absolute Gasteiger partial charge is 0.383 e. The van der Waals surface area contributed by atoms with Crippen molar-refractivity contribution in [2.75, 3.05) is 13.2 Å². The second kappa shape index (κ2) is 9.54. The lowest BCUT2D eigenvalue weighted by atomic mass is 9.88. The first-order valence-corrected chi connectivity index (χ1v) is 9.99. The molecule has 10 heteroatoms. The van der Waals surface area contributed by atoms with Crippen LogP contribution in [0.2, 0.25) is 0 Å². The molecule has 0 aromatic heterocycles. The van der Waals surface area contributed by atoms with Crippen molar-refractivity contribution in [3.63, 3.8) is 0 Å². The van der Waals surface area contributed by atoms with Gasteiger partial charge in [-0.3, -0.25) is 9.59 Å². The van der Waals surface area contributed by atoms with Crippen molar-refractivity contribution < 1.29 is 37.3 Å². The maximum Gasteiger partial charge on any atom is 0.416 e. The largest absolute Gasteiger partial charge is 0.416 e. The number of carbonyl (C=O) groups is 2. The predicted octanol–water partition coefficient (Wildman–Crippen LogP) is 2.37. The summed E-state index contributed by atoms with van der Waals surface area (Å²) in [5, 5.41) is 14.9. The van der Waals surface area contributed by atoms with Crippen LogP contribution in [-0.2, 0) is 31.8 Å². The molecule has 1 aliphatic rings. The summed E-state index contributed by atoms with van der Waals surface area (Å²) >= 11 is 0. The molecule has 1 fully saturated rings. The number of nitrogens with one attached hydrogen (secondary N) is 2. The van der Waals surface area contributed by atoms with Crippen molar-refractivity contribution in [2.24, 2.45) is 5.92 Å². The molecule has 0 spiro atoms. The van der Waals surface area contributed by atoms with Crippen LogP contribution < -0.4 is 10.6 Å². The highest BCUT2D eigenvalue weighted by atomic mass is 19.4. The van der Waals surface area contributed by atoms with Crippen LogP contribution in [0.15, 0.2) is 24.3 Å². The Morgan fingerprint density at radius 2 is 1.87 bits per heavy atom. The standard InChI is InChI=1S/C21H29F3N2O5/c1-13-12-30-19(2,3)31-20(13,4)18(29)25-10-9-16(27)17(28)26-11-14-7-5-6-8-15(14)21(22,23)24/h5-8,13,16,27H,9-12H2,1-4H3,(H,25,29)(H,26,28). The Bertz CT molecular complexity index is 799. The van der Waals surface area contributed by atoms with E-state index in [2.05, 4.69) is 10.6 Å². The number of alkyl halides is 3. The van der Waals surface area contributed by atoms with Gasteiger partial charge in [-0.25, -0.2) is 0 Å². The van der Waals surface area contributed by atoms with Gasteiger partial charge in [-0.2, -0.15) is 13.2 Å². The van der Waals surface area contributed by atoms with Crippen molar-refractivity contribution in [3.8, 4) is 0 Å². The molecule has 7 nitrogen and oxygen atoms in total. The van der Waals surface area contributed by atoms with Gasteiger partial charge < -0.3 is 25.2 Å². The highest BCUT2D eigenvalue weighted by molar-refractivity contribution is 5.85. The first kappa shape index (κ1) is 25.1. The fraction of sp³-hybridized carbons (Fsp3) is 0.619. The van der Waals surface area contributed by atoms with E-state index in [4.69, 9.17) is 9.47 Å². The van der Waals surface area contributed by atoms with Crippen molar-refractivity contribution in [1.29, 1.82) is 0 Å². The fourth-order valence-corrected chi connectivity index (χ4v) is 3.28. The van der Waals surface area contributed by atoms with Crippen molar-refractivity contribution in [3.05, 3.63) is 35.4 Å². The van der Waals surface area contributed by atoms with E-state index in [0.29, 0.717) is 6.61 Å². The molecule has 174 valence electrons. The number of benzene rings is 1. The van der Waals surface area contributed by atoms with Crippen molar-refractivity contribution in [1.82, 2.24) is 10.6 Å². The Hall–Kier alpha value is -2.17. The molecule has 2 rings (SSSR count). The van der Waals surface area contributed by atoms with E-state index in [0.717, 1.165) is 6.07 Å². The number of aliphatic hydroxyl groups excluding tert-OH is 1. The van der Waals surface area contributed by atoms with Crippen LogP contribution in [0.5, 0.6) is 0 Å². The van der Waals surface area contributed by atoms with E-state index in [1.54, 1.807) is 20.8 Å². The molecule has 3 N–H and O–H groups in total. The minimum Gasteiger partial charge on any atom is -0.383 e. The quantitative estimate of drug-likeness (QED) is 0.598. The lowest BCUT2D eigenvalue weighted by Gasteiger charge is -2.45. The average Bonchev–Trinajstić information content (AvgIpc) is 2.68. The Morgan fingerprint density at radius 1 is 1.23 bits per heavy atom.